The van der Waals surface area contributed by atoms with Crippen LogP contribution in [0.1, 0.15) is 42.1 Å². The third-order valence-corrected chi connectivity index (χ3v) is 6.25. The van der Waals surface area contributed by atoms with Gasteiger partial charge in [-0.15, -0.1) is 0 Å². The lowest BCUT2D eigenvalue weighted by atomic mass is 9.92. The Kier molecular flexibility index (Phi) is 6.83. The lowest BCUT2D eigenvalue weighted by molar-refractivity contribution is -0.152. The highest BCUT2D eigenvalue weighted by Crippen LogP contribution is 2.39. The number of nitrogen functional groups attached to an aromatic ring is 1. The van der Waals surface area contributed by atoms with E-state index in [9.17, 15) is 23.6 Å². The maximum Gasteiger partial charge on any atom is 0.329 e. The van der Waals surface area contributed by atoms with Crippen molar-refractivity contribution in [3.05, 3.63) is 58.5 Å². The number of hydrogen-bond donors (Lipinski definition) is 2. The van der Waals surface area contributed by atoms with Gasteiger partial charge in [0.1, 0.15) is 11.9 Å². The van der Waals surface area contributed by atoms with Crippen molar-refractivity contribution in [2.75, 3.05) is 17.7 Å². The van der Waals surface area contributed by atoms with Gasteiger partial charge in [-0.2, -0.15) is 0 Å². The summed E-state index contributed by atoms with van der Waals surface area (Å²) < 4.78 is 19.8. The number of ether oxygens (including phenoxy) is 1. The molecule has 9 nitrogen and oxygen atoms in total. The summed E-state index contributed by atoms with van der Waals surface area (Å²) in [5.41, 5.74) is 6.83. The van der Waals surface area contributed by atoms with E-state index in [2.05, 4.69) is 10.3 Å². The third kappa shape index (κ3) is 5.02. The number of ketones is 1. The highest BCUT2D eigenvalue weighted by molar-refractivity contribution is 6.31. The van der Waals surface area contributed by atoms with Crippen LogP contribution in [0, 0.1) is 5.82 Å². The minimum Gasteiger partial charge on any atom is -0.456 e. The number of nitrogens with zero attached hydrogens (tertiary/aromatic N) is 2. The monoisotopic (exact) mass is 500 g/mol. The number of pyridine rings is 1. The number of Topliss-reactive ketones (excluding diaryl/α,β-unsaturated/α-hetero) is 1. The van der Waals surface area contributed by atoms with Crippen molar-refractivity contribution in [2.45, 2.75) is 38.3 Å². The summed E-state index contributed by atoms with van der Waals surface area (Å²) in [6.45, 7) is 0.782. The van der Waals surface area contributed by atoms with Gasteiger partial charge in [-0.25, -0.2) is 14.2 Å². The van der Waals surface area contributed by atoms with Crippen LogP contribution in [0.25, 0.3) is 5.57 Å². The van der Waals surface area contributed by atoms with Crippen molar-refractivity contribution in [1.29, 1.82) is 0 Å². The molecule has 0 radical (unpaired) electrons. The fraction of sp³-hybridized carbons (Fsp3) is 0.292. The van der Waals surface area contributed by atoms with Gasteiger partial charge in [0.15, 0.2) is 12.4 Å². The molecule has 0 aliphatic carbocycles. The van der Waals surface area contributed by atoms with Crippen LogP contribution in [0.15, 0.2) is 36.5 Å². The Morgan fingerprint density at radius 1 is 1.29 bits per heavy atom. The normalized spacial score (nSPS) is 19.1. The van der Waals surface area contributed by atoms with Crippen LogP contribution >= 0.6 is 11.6 Å². The Bertz CT molecular complexity index is 1260. The van der Waals surface area contributed by atoms with E-state index >= 15 is 0 Å². The second-order valence-electron chi connectivity index (χ2n) is 8.33. The molecule has 4 rings (SSSR count). The summed E-state index contributed by atoms with van der Waals surface area (Å²) in [5.74, 6) is -2.48. The molecule has 1 aromatic carbocycles. The first-order chi connectivity index (χ1) is 16.7. The van der Waals surface area contributed by atoms with Gasteiger partial charge in [0.25, 0.3) is 0 Å². The molecule has 2 aliphatic rings. The number of halogens is 2. The molecule has 2 amide bonds. The highest BCUT2D eigenvalue weighted by Gasteiger charge is 2.44. The molecular weight excluding hydrogens is 479 g/mol. The zero-order chi connectivity index (χ0) is 25.3. The number of carbonyl (C=O) groups is 4. The molecule has 1 saturated heterocycles. The molecule has 11 heteroatoms. The van der Waals surface area contributed by atoms with Gasteiger partial charge in [0.05, 0.1) is 5.02 Å². The zero-order valence-electron chi connectivity index (χ0n) is 18.7. The molecule has 2 aromatic rings. The predicted octanol–water partition coefficient (Wildman–Crippen LogP) is 2.99. The summed E-state index contributed by atoms with van der Waals surface area (Å²) in [6.07, 6.45) is 3.77. The van der Waals surface area contributed by atoms with E-state index in [1.54, 1.807) is 0 Å². The lowest BCUT2D eigenvalue weighted by Crippen LogP contribution is -2.47. The van der Waals surface area contributed by atoms with Crippen molar-refractivity contribution in [3.8, 4) is 0 Å². The Morgan fingerprint density at radius 3 is 2.80 bits per heavy atom. The number of fused-ring (bicyclic) bond motifs is 1. The molecular formula is C24H22ClFN4O5. The Labute approximate surface area is 205 Å². The van der Waals surface area contributed by atoms with Crippen molar-refractivity contribution < 1.29 is 28.3 Å². The first kappa shape index (κ1) is 24.3. The molecule has 0 saturated carbocycles. The molecule has 1 unspecified atom stereocenters. The van der Waals surface area contributed by atoms with Gasteiger partial charge in [-0.1, -0.05) is 11.6 Å². The van der Waals surface area contributed by atoms with Gasteiger partial charge >= 0.3 is 5.97 Å². The number of esters is 1. The zero-order valence-corrected chi connectivity index (χ0v) is 19.5. The van der Waals surface area contributed by atoms with Crippen molar-refractivity contribution in [3.63, 3.8) is 0 Å². The standard InChI is InChI=1S/C24H22ClFN4O5/c1-12(31)29-20-9-13(6-7-28-20)19(32)11-35-24(34)18-5-2-15-8-14(10-21(33)30(15)18)22-17(27)4-3-16(25)23(22)26/h3-4,6-7,9-10,15,18H,2,5,8,11,27H2,1H3,(H,28,29,31)/t15?,18-/m0/s1. The van der Waals surface area contributed by atoms with Crippen molar-refractivity contribution in [2.24, 2.45) is 0 Å². The molecule has 1 aromatic heterocycles. The third-order valence-electron chi connectivity index (χ3n) is 5.96. The lowest BCUT2D eigenvalue weighted by Gasteiger charge is -2.33. The predicted molar refractivity (Wildman–Crippen MR) is 126 cm³/mol. The van der Waals surface area contributed by atoms with Crippen LogP contribution in [-0.4, -0.2) is 52.1 Å². The number of amides is 2. The van der Waals surface area contributed by atoms with E-state index in [4.69, 9.17) is 22.1 Å². The minimum atomic E-state index is -0.855. The summed E-state index contributed by atoms with van der Waals surface area (Å²) in [7, 11) is 0. The second-order valence-corrected chi connectivity index (χ2v) is 8.74. The van der Waals surface area contributed by atoms with Crippen LogP contribution in [-0.2, 0) is 19.1 Å². The van der Waals surface area contributed by atoms with Gasteiger partial charge in [-0.05, 0) is 49.1 Å². The van der Waals surface area contributed by atoms with E-state index in [1.165, 1.54) is 48.4 Å². The van der Waals surface area contributed by atoms with Crippen LogP contribution in [0.4, 0.5) is 15.9 Å². The van der Waals surface area contributed by atoms with Gasteiger partial charge in [-0.3, -0.25) is 14.4 Å². The quantitative estimate of drug-likeness (QED) is 0.354. The molecule has 35 heavy (non-hydrogen) atoms. The maximum absolute atomic E-state index is 14.6. The van der Waals surface area contributed by atoms with Crippen LogP contribution in [0.5, 0.6) is 0 Å². The maximum atomic E-state index is 14.6. The number of carbonyl (C=O) groups excluding carboxylic acids is 4. The Morgan fingerprint density at radius 2 is 2.06 bits per heavy atom. The smallest absolute Gasteiger partial charge is 0.329 e. The van der Waals surface area contributed by atoms with E-state index < -0.39 is 36.1 Å². The van der Waals surface area contributed by atoms with Crippen molar-refractivity contribution >= 4 is 52.2 Å². The van der Waals surface area contributed by atoms with Gasteiger partial charge in [0, 0.05) is 42.1 Å². The second kappa shape index (κ2) is 9.83. The first-order valence-electron chi connectivity index (χ1n) is 10.9. The van der Waals surface area contributed by atoms with E-state index in [0.717, 1.165) is 0 Å². The largest absolute Gasteiger partial charge is 0.456 e. The van der Waals surface area contributed by atoms with E-state index in [1.807, 2.05) is 0 Å². The number of nitrogens with two attached hydrogens (primary N) is 1. The molecule has 0 bridgehead atoms. The molecule has 2 atom stereocenters. The first-order valence-corrected chi connectivity index (χ1v) is 11.2. The van der Waals surface area contributed by atoms with Crippen molar-refractivity contribution in [1.82, 2.24) is 9.88 Å². The average molecular weight is 501 g/mol. The van der Waals surface area contributed by atoms with Crippen LogP contribution in [0.3, 0.4) is 0 Å². The molecule has 1 fully saturated rings. The summed E-state index contributed by atoms with van der Waals surface area (Å²) >= 11 is 5.89. The number of hydrogen-bond acceptors (Lipinski definition) is 7. The fourth-order valence-corrected chi connectivity index (χ4v) is 4.58. The topological polar surface area (TPSA) is 132 Å². The molecule has 0 spiro atoms. The molecule has 2 aliphatic heterocycles. The van der Waals surface area contributed by atoms with Gasteiger partial charge < -0.3 is 20.7 Å². The molecule has 3 heterocycles. The highest BCUT2D eigenvalue weighted by atomic mass is 35.5. The van der Waals surface area contributed by atoms with Gasteiger partial charge in [0.2, 0.25) is 17.6 Å². The number of anilines is 2. The number of rotatable bonds is 6. The fourth-order valence-electron chi connectivity index (χ4n) is 4.42. The average Bonchev–Trinajstić information content (AvgIpc) is 3.24. The number of aromatic nitrogens is 1. The van der Waals surface area contributed by atoms with E-state index in [0.29, 0.717) is 24.8 Å². The number of nitrogens with one attached hydrogen (secondary N) is 1. The Balaban J connectivity index is 1.43. The summed E-state index contributed by atoms with van der Waals surface area (Å²) in [6, 6.07) is 4.45. The molecule has 182 valence electrons. The SMILES string of the molecule is CC(=O)Nc1cc(C(=O)COC(=O)[C@@H]2CCC3CC(c4c(N)ccc(Cl)c4F)=CC(=O)N32)ccn1. The van der Waals surface area contributed by atoms with Crippen LogP contribution < -0.4 is 11.1 Å². The number of benzene rings is 1. The van der Waals surface area contributed by atoms with E-state index in [-0.39, 0.29) is 39.6 Å². The Hall–Kier alpha value is -3.79. The summed E-state index contributed by atoms with van der Waals surface area (Å²) in [4.78, 5) is 54.6. The minimum absolute atomic E-state index is 0.0955. The van der Waals surface area contributed by atoms with Crippen LogP contribution in [0.2, 0.25) is 5.02 Å². The molecule has 3 N–H and O–H groups in total. The summed E-state index contributed by atoms with van der Waals surface area (Å²) in [5, 5.41) is 2.38.